The van der Waals surface area contributed by atoms with Gasteiger partial charge in [-0.05, 0) is 50.6 Å². The van der Waals surface area contributed by atoms with Crippen LogP contribution in [0.15, 0.2) is 46.9 Å². The standard InChI is InChI=1S/C21H21ClN2O4S/c1-13-4-7-16(8-5-13)21-24-19(15(3)28-21)11-29(26,27)12-20(25)23-18-9-6-14(2)10-17(18)22/h4-10H,11-12H2,1-3H3,(H,23,25). The van der Waals surface area contributed by atoms with Crippen LogP contribution in [0.1, 0.15) is 22.6 Å². The van der Waals surface area contributed by atoms with E-state index in [4.69, 9.17) is 16.0 Å². The minimum atomic E-state index is -3.75. The highest BCUT2D eigenvalue weighted by molar-refractivity contribution is 7.91. The zero-order chi connectivity index (χ0) is 21.2. The van der Waals surface area contributed by atoms with Crippen molar-refractivity contribution in [2.24, 2.45) is 0 Å². The van der Waals surface area contributed by atoms with Crippen molar-refractivity contribution in [1.82, 2.24) is 4.98 Å². The highest BCUT2D eigenvalue weighted by Crippen LogP contribution is 2.24. The number of hydrogen-bond acceptors (Lipinski definition) is 5. The van der Waals surface area contributed by atoms with Gasteiger partial charge in [0.05, 0.1) is 22.2 Å². The van der Waals surface area contributed by atoms with E-state index in [2.05, 4.69) is 10.3 Å². The van der Waals surface area contributed by atoms with E-state index >= 15 is 0 Å². The summed E-state index contributed by atoms with van der Waals surface area (Å²) < 4.78 is 30.6. The van der Waals surface area contributed by atoms with Crippen LogP contribution >= 0.6 is 11.6 Å². The fourth-order valence-electron chi connectivity index (χ4n) is 2.75. The molecule has 0 bridgehead atoms. The topological polar surface area (TPSA) is 89.3 Å². The predicted octanol–water partition coefficient (Wildman–Crippen LogP) is 4.47. The summed E-state index contributed by atoms with van der Waals surface area (Å²) in [6.07, 6.45) is 0. The zero-order valence-electron chi connectivity index (χ0n) is 16.3. The van der Waals surface area contributed by atoms with Crippen molar-refractivity contribution in [3.8, 4) is 11.5 Å². The third-order valence-corrected chi connectivity index (χ3v) is 6.03. The molecule has 1 amide bonds. The number of rotatable bonds is 6. The van der Waals surface area contributed by atoms with Gasteiger partial charge in [-0.2, -0.15) is 0 Å². The second kappa shape index (κ2) is 8.39. The molecule has 6 nitrogen and oxygen atoms in total. The molecule has 0 saturated carbocycles. The lowest BCUT2D eigenvalue weighted by Gasteiger charge is -2.08. The van der Waals surface area contributed by atoms with Gasteiger partial charge in [0.25, 0.3) is 0 Å². The van der Waals surface area contributed by atoms with Crippen molar-refractivity contribution < 1.29 is 17.6 Å². The van der Waals surface area contributed by atoms with Crippen molar-refractivity contribution in [3.63, 3.8) is 0 Å². The quantitative estimate of drug-likeness (QED) is 0.620. The third-order valence-electron chi connectivity index (χ3n) is 4.30. The van der Waals surface area contributed by atoms with E-state index in [0.29, 0.717) is 28.1 Å². The first-order chi connectivity index (χ1) is 13.6. The summed E-state index contributed by atoms with van der Waals surface area (Å²) in [6.45, 7) is 5.49. The molecule has 0 spiro atoms. The number of halogens is 1. The number of hydrogen-bond donors (Lipinski definition) is 1. The average Bonchev–Trinajstić information content (AvgIpc) is 2.97. The number of amides is 1. The van der Waals surface area contributed by atoms with Gasteiger partial charge in [0.15, 0.2) is 9.84 Å². The highest BCUT2D eigenvalue weighted by atomic mass is 35.5. The van der Waals surface area contributed by atoms with Crippen LogP contribution < -0.4 is 5.32 Å². The highest BCUT2D eigenvalue weighted by Gasteiger charge is 2.22. The molecule has 152 valence electrons. The zero-order valence-corrected chi connectivity index (χ0v) is 17.9. The number of oxazole rings is 1. The smallest absolute Gasteiger partial charge is 0.239 e. The number of carbonyl (C=O) groups is 1. The van der Waals surface area contributed by atoms with Gasteiger partial charge in [-0.3, -0.25) is 4.79 Å². The first-order valence-corrected chi connectivity index (χ1v) is 11.1. The molecular formula is C21H21ClN2O4S. The van der Waals surface area contributed by atoms with Crippen LogP contribution in [-0.4, -0.2) is 25.1 Å². The maximum absolute atomic E-state index is 12.5. The number of carbonyl (C=O) groups excluding carboxylic acids is 1. The fraction of sp³-hybridized carbons (Fsp3) is 0.238. The summed E-state index contributed by atoms with van der Waals surface area (Å²) in [5.74, 6) is -0.961. The van der Waals surface area contributed by atoms with Gasteiger partial charge in [0, 0.05) is 5.56 Å². The van der Waals surface area contributed by atoms with Crippen LogP contribution in [0.2, 0.25) is 5.02 Å². The number of nitrogens with one attached hydrogen (secondary N) is 1. The number of anilines is 1. The monoisotopic (exact) mass is 432 g/mol. The molecule has 29 heavy (non-hydrogen) atoms. The largest absolute Gasteiger partial charge is 0.441 e. The molecule has 0 aliphatic carbocycles. The Balaban J connectivity index is 1.70. The van der Waals surface area contributed by atoms with Gasteiger partial charge in [-0.15, -0.1) is 0 Å². The van der Waals surface area contributed by atoms with Crippen LogP contribution in [0.25, 0.3) is 11.5 Å². The third kappa shape index (κ3) is 5.46. The van der Waals surface area contributed by atoms with Crippen molar-refractivity contribution in [1.29, 1.82) is 0 Å². The lowest BCUT2D eigenvalue weighted by Crippen LogP contribution is -2.24. The number of benzene rings is 2. The summed E-state index contributed by atoms with van der Waals surface area (Å²) in [5, 5.41) is 2.89. The normalized spacial score (nSPS) is 11.4. The fourth-order valence-corrected chi connectivity index (χ4v) is 4.29. The van der Waals surface area contributed by atoms with Crippen LogP contribution in [0.4, 0.5) is 5.69 Å². The van der Waals surface area contributed by atoms with Crippen LogP contribution in [0, 0.1) is 20.8 Å². The lowest BCUT2D eigenvalue weighted by atomic mass is 10.1. The van der Waals surface area contributed by atoms with Crippen LogP contribution in [0.3, 0.4) is 0 Å². The molecule has 8 heteroatoms. The molecular weight excluding hydrogens is 412 g/mol. The van der Waals surface area contributed by atoms with Gasteiger partial charge in [0.1, 0.15) is 11.5 Å². The van der Waals surface area contributed by atoms with Crippen molar-refractivity contribution >= 4 is 33.0 Å². The van der Waals surface area contributed by atoms with E-state index in [-0.39, 0.29) is 5.75 Å². The van der Waals surface area contributed by atoms with E-state index in [0.717, 1.165) is 16.7 Å². The molecule has 1 N–H and O–H groups in total. The summed E-state index contributed by atoms with van der Waals surface area (Å²) in [5.41, 5.74) is 3.46. The SMILES string of the molecule is Cc1ccc(-c2nc(CS(=O)(=O)CC(=O)Nc3ccc(C)cc3Cl)c(C)o2)cc1. The van der Waals surface area contributed by atoms with Crippen molar-refractivity contribution in [3.05, 3.63) is 70.1 Å². The van der Waals surface area contributed by atoms with E-state index in [1.165, 1.54) is 0 Å². The first kappa shape index (κ1) is 21.1. The minimum Gasteiger partial charge on any atom is -0.441 e. The number of aryl methyl sites for hydroxylation is 3. The number of sulfone groups is 1. The van der Waals surface area contributed by atoms with Crippen molar-refractivity contribution in [2.45, 2.75) is 26.5 Å². The van der Waals surface area contributed by atoms with E-state index < -0.39 is 21.5 Å². The van der Waals surface area contributed by atoms with Gasteiger partial charge >= 0.3 is 0 Å². The molecule has 0 atom stereocenters. The Morgan fingerprint density at radius 2 is 1.72 bits per heavy atom. The molecule has 0 saturated heterocycles. The molecule has 0 aliphatic heterocycles. The Bertz CT molecular complexity index is 1150. The predicted molar refractivity (Wildman–Crippen MR) is 114 cm³/mol. The Hall–Kier alpha value is -2.64. The molecule has 3 aromatic rings. The average molecular weight is 433 g/mol. The number of nitrogens with zero attached hydrogens (tertiary/aromatic N) is 1. The Labute approximate surface area is 174 Å². The van der Waals surface area contributed by atoms with Gasteiger partial charge in [-0.1, -0.05) is 35.4 Å². The van der Waals surface area contributed by atoms with Crippen LogP contribution in [0.5, 0.6) is 0 Å². The minimum absolute atomic E-state index is 0.293. The van der Waals surface area contributed by atoms with Crippen LogP contribution in [-0.2, 0) is 20.4 Å². The summed E-state index contributed by atoms with van der Waals surface area (Å²) >= 11 is 6.08. The number of aromatic nitrogens is 1. The maximum Gasteiger partial charge on any atom is 0.239 e. The van der Waals surface area contributed by atoms with E-state index in [1.54, 1.807) is 25.1 Å². The second-order valence-electron chi connectivity index (χ2n) is 6.95. The maximum atomic E-state index is 12.5. The lowest BCUT2D eigenvalue weighted by molar-refractivity contribution is -0.113. The van der Waals surface area contributed by atoms with E-state index in [9.17, 15) is 13.2 Å². The molecule has 0 aliphatic rings. The van der Waals surface area contributed by atoms with Gasteiger partial charge < -0.3 is 9.73 Å². The molecule has 1 heterocycles. The Kier molecular flexibility index (Phi) is 6.10. The van der Waals surface area contributed by atoms with Crippen molar-refractivity contribution in [2.75, 3.05) is 11.1 Å². The van der Waals surface area contributed by atoms with Gasteiger partial charge in [-0.25, -0.2) is 13.4 Å². The first-order valence-electron chi connectivity index (χ1n) is 8.93. The Morgan fingerprint density at radius 3 is 2.38 bits per heavy atom. The molecule has 0 unspecified atom stereocenters. The Morgan fingerprint density at radius 1 is 1.07 bits per heavy atom. The summed E-state index contributed by atoms with van der Waals surface area (Å²) in [7, 11) is -3.75. The molecule has 1 aromatic heterocycles. The summed E-state index contributed by atoms with van der Waals surface area (Å²) in [6, 6.07) is 12.7. The molecule has 0 radical (unpaired) electrons. The molecule has 2 aromatic carbocycles. The van der Waals surface area contributed by atoms with Gasteiger partial charge in [0.2, 0.25) is 11.8 Å². The molecule has 0 fully saturated rings. The molecule has 3 rings (SSSR count). The van der Waals surface area contributed by atoms with E-state index in [1.807, 2.05) is 38.1 Å². The second-order valence-corrected chi connectivity index (χ2v) is 9.42. The summed E-state index contributed by atoms with van der Waals surface area (Å²) in [4.78, 5) is 16.5.